The lowest BCUT2D eigenvalue weighted by atomic mass is 10.2. The van der Waals surface area contributed by atoms with Crippen LogP contribution in [0.25, 0.3) is 0 Å². The number of rotatable bonds is 4. The Hall–Kier alpha value is -0.843. The van der Waals surface area contributed by atoms with E-state index in [1.54, 1.807) is 21.3 Å². The zero-order valence-corrected chi connectivity index (χ0v) is 9.53. The maximum absolute atomic E-state index is 5.23. The van der Waals surface area contributed by atoms with Crippen LogP contribution in [0.15, 0.2) is 24.3 Å². The van der Waals surface area contributed by atoms with Crippen molar-refractivity contribution < 1.29 is 14.2 Å². The first-order chi connectivity index (χ1) is 6.68. The van der Waals surface area contributed by atoms with Crippen molar-refractivity contribution in [2.45, 2.75) is 5.41 Å². The van der Waals surface area contributed by atoms with Crippen molar-refractivity contribution in [3.05, 3.63) is 29.8 Å². The van der Waals surface area contributed by atoms with E-state index in [2.05, 4.69) is 10.2 Å². The molecule has 0 amide bonds. The highest BCUT2D eigenvalue weighted by Crippen LogP contribution is 2.30. The molecule has 0 atom stereocenters. The van der Waals surface area contributed by atoms with Crippen LogP contribution in [0.2, 0.25) is 0 Å². The van der Waals surface area contributed by atoms with Crippen LogP contribution in [0.4, 0.5) is 0 Å². The third-order valence-corrected chi connectivity index (χ3v) is 2.71. The Balaban J connectivity index is 3.15. The lowest BCUT2D eigenvalue weighted by Gasteiger charge is -2.28. The molecule has 1 aromatic carbocycles. The summed E-state index contributed by atoms with van der Waals surface area (Å²) < 4.78 is 15.7. The van der Waals surface area contributed by atoms with Crippen molar-refractivity contribution in [3.8, 4) is 5.75 Å². The predicted octanol–water partition coefficient (Wildman–Crippen LogP) is 1.27. The van der Waals surface area contributed by atoms with E-state index in [9.17, 15) is 0 Å². The Morgan fingerprint density at radius 3 is 2.14 bits per heavy atom. The van der Waals surface area contributed by atoms with E-state index in [1.807, 2.05) is 24.3 Å². The molecule has 0 aliphatic carbocycles. The highest BCUT2D eigenvalue weighted by atomic mass is 28.1. The number of ether oxygens (including phenoxy) is 3. The van der Waals surface area contributed by atoms with E-state index in [-0.39, 0.29) is 0 Å². The Morgan fingerprint density at radius 2 is 1.64 bits per heavy atom. The van der Waals surface area contributed by atoms with Crippen molar-refractivity contribution in [1.82, 2.24) is 0 Å². The second-order valence-electron chi connectivity index (χ2n) is 2.73. The van der Waals surface area contributed by atoms with Gasteiger partial charge in [0.05, 0.1) is 7.11 Å². The lowest BCUT2D eigenvalue weighted by molar-refractivity contribution is -0.149. The number of hydrogen-bond donors (Lipinski definition) is 0. The van der Waals surface area contributed by atoms with Gasteiger partial charge in [0.2, 0.25) is 0 Å². The van der Waals surface area contributed by atoms with E-state index in [0.29, 0.717) is 5.75 Å². The molecular weight excluding hydrogens is 196 g/mol. The Morgan fingerprint density at radius 1 is 1.07 bits per heavy atom. The molecule has 0 aliphatic heterocycles. The first-order valence-corrected chi connectivity index (χ1v) is 4.66. The summed E-state index contributed by atoms with van der Waals surface area (Å²) in [4.78, 5) is 0. The molecule has 0 N–H and O–H groups in total. The standard InChI is InChI=1S/C10H13O3Si/c1-11-9-7-5-4-6-8(9)10(14,12-2)13-3/h4-7H,1-3H3. The molecule has 4 heteroatoms. The average Bonchev–Trinajstić information content (AvgIpc) is 2.28. The SMILES string of the molecule is COc1ccccc1C([Si])(OC)OC. The van der Waals surface area contributed by atoms with Crippen LogP contribution in [-0.4, -0.2) is 31.6 Å². The monoisotopic (exact) mass is 209 g/mol. The molecule has 1 aromatic rings. The number of benzene rings is 1. The van der Waals surface area contributed by atoms with Gasteiger partial charge in [-0.1, -0.05) is 18.2 Å². The van der Waals surface area contributed by atoms with Gasteiger partial charge in [-0.15, -0.1) is 0 Å². The van der Waals surface area contributed by atoms with Gasteiger partial charge in [-0.05, 0) is 6.07 Å². The number of hydrogen-bond acceptors (Lipinski definition) is 3. The van der Waals surface area contributed by atoms with Gasteiger partial charge in [-0.2, -0.15) is 0 Å². The van der Waals surface area contributed by atoms with Gasteiger partial charge in [0.1, 0.15) is 16.0 Å². The molecule has 0 spiro atoms. The van der Waals surface area contributed by atoms with Crippen LogP contribution in [0.1, 0.15) is 5.56 Å². The van der Waals surface area contributed by atoms with E-state index in [4.69, 9.17) is 14.2 Å². The van der Waals surface area contributed by atoms with Gasteiger partial charge in [0.15, 0.2) is 5.41 Å². The highest BCUT2D eigenvalue weighted by molar-refractivity contribution is 6.14. The van der Waals surface area contributed by atoms with Gasteiger partial charge in [-0.25, -0.2) is 0 Å². The van der Waals surface area contributed by atoms with Crippen LogP contribution in [0.5, 0.6) is 5.75 Å². The van der Waals surface area contributed by atoms with Crippen LogP contribution in [0, 0.1) is 0 Å². The maximum Gasteiger partial charge on any atom is 0.171 e. The molecule has 3 radical (unpaired) electrons. The van der Waals surface area contributed by atoms with Crippen LogP contribution in [0.3, 0.4) is 0 Å². The summed E-state index contributed by atoms with van der Waals surface area (Å²) in [5, 5.41) is 0. The molecule has 0 bridgehead atoms. The van der Waals surface area contributed by atoms with Gasteiger partial charge < -0.3 is 14.2 Å². The smallest absolute Gasteiger partial charge is 0.171 e. The zero-order chi connectivity index (χ0) is 10.6. The summed E-state index contributed by atoms with van der Waals surface area (Å²) in [6, 6.07) is 7.51. The summed E-state index contributed by atoms with van der Waals surface area (Å²) in [5.74, 6) is 0.714. The van der Waals surface area contributed by atoms with Gasteiger partial charge >= 0.3 is 0 Å². The first kappa shape index (κ1) is 11.2. The fraction of sp³-hybridized carbons (Fsp3) is 0.400. The Labute approximate surface area is 87.4 Å². The minimum absolute atomic E-state index is 0.714. The second kappa shape index (κ2) is 4.59. The third kappa shape index (κ3) is 1.97. The fourth-order valence-corrected chi connectivity index (χ4v) is 1.43. The first-order valence-electron chi connectivity index (χ1n) is 4.16. The highest BCUT2D eigenvalue weighted by Gasteiger charge is 2.28. The Kier molecular flexibility index (Phi) is 3.68. The van der Waals surface area contributed by atoms with E-state index >= 15 is 0 Å². The molecule has 0 aromatic heterocycles. The van der Waals surface area contributed by atoms with E-state index in [0.717, 1.165) is 5.56 Å². The minimum Gasteiger partial charge on any atom is -0.496 e. The number of methoxy groups -OCH3 is 3. The number of para-hydroxylation sites is 1. The quantitative estimate of drug-likeness (QED) is 0.552. The van der Waals surface area contributed by atoms with Crippen molar-refractivity contribution in [3.63, 3.8) is 0 Å². The molecule has 0 aliphatic rings. The molecule has 0 saturated heterocycles. The van der Waals surface area contributed by atoms with E-state index in [1.165, 1.54) is 0 Å². The fourth-order valence-electron chi connectivity index (χ4n) is 1.22. The molecule has 3 nitrogen and oxygen atoms in total. The molecule has 14 heavy (non-hydrogen) atoms. The third-order valence-electron chi connectivity index (χ3n) is 2.04. The van der Waals surface area contributed by atoms with Crippen LogP contribution in [-0.2, 0) is 14.9 Å². The summed E-state index contributed by atoms with van der Waals surface area (Å²) >= 11 is 0. The molecule has 1 rings (SSSR count). The molecular formula is C10H13O3Si. The second-order valence-corrected chi connectivity index (χ2v) is 3.38. The lowest BCUT2D eigenvalue weighted by Crippen LogP contribution is -2.31. The van der Waals surface area contributed by atoms with Crippen molar-refractivity contribution in [2.24, 2.45) is 0 Å². The molecule has 0 fully saturated rings. The zero-order valence-electron chi connectivity index (χ0n) is 8.53. The van der Waals surface area contributed by atoms with Gasteiger partial charge in [-0.3, -0.25) is 0 Å². The summed E-state index contributed by atoms with van der Waals surface area (Å²) in [6.45, 7) is 0. The van der Waals surface area contributed by atoms with E-state index < -0.39 is 5.41 Å². The molecule has 0 unspecified atom stereocenters. The van der Waals surface area contributed by atoms with Crippen LogP contribution >= 0.6 is 0 Å². The largest absolute Gasteiger partial charge is 0.496 e. The average molecular weight is 209 g/mol. The summed E-state index contributed by atoms with van der Waals surface area (Å²) in [6.07, 6.45) is 0. The molecule has 0 saturated carbocycles. The van der Waals surface area contributed by atoms with Gasteiger partial charge in [0.25, 0.3) is 0 Å². The normalized spacial score (nSPS) is 11.4. The predicted molar refractivity (Wildman–Crippen MR) is 54.4 cm³/mol. The molecule has 75 valence electrons. The van der Waals surface area contributed by atoms with Crippen LogP contribution < -0.4 is 4.74 Å². The maximum atomic E-state index is 5.23. The van der Waals surface area contributed by atoms with Crippen molar-refractivity contribution >= 4 is 10.2 Å². The summed E-state index contributed by atoms with van der Waals surface area (Å²) in [7, 11) is 8.14. The van der Waals surface area contributed by atoms with Crippen molar-refractivity contribution in [1.29, 1.82) is 0 Å². The van der Waals surface area contributed by atoms with Crippen molar-refractivity contribution in [2.75, 3.05) is 21.3 Å². The summed E-state index contributed by atoms with van der Waals surface area (Å²) in [5.41, 5.74) is -0.156. The molecule has 0 heterocycles. The topological polar surface area (TPSA) is 27.7 Å². The minimum atomic E-state index is -0.952. The Bertz CT molecular complexity index is 297. The van der Waals surface area contributed by atoms with Gasteiger partial charge in [0, 0.05) is 19.8 Å².